The molecule has 0 radical (unpaired) electrons. The van der Waals surface area contributed by atoms with Crippen molar-refractivity contribution in [1.82, 2.24) is 0 Å². The first-order valence-corrected chi connectivity index (χ1v) is 11.2. The molecule has 0 aliphatic carbocycles. The summed E-state index contributed by atoms with van der Waals surface area (Å²) in [6.07, 6.45) is 2.13. The molecule has 0 bridgehead atoms. The van der Waals surface area contributed by atoms with E-state index in [1.165, 1.54) is 19.2 Å². The van der Waals surface area contributed by atoms with Crippen molar-refractivity contribution in [2.75, 3.05) is 7.11 Å². The highest BCUT2D eigenvalue weighted by atomic mass is 16.6. The molecule has 1 aromatic heterocycles. The van der Waals surface area contributed by atoms with Crippen LogP contribution in [-0.2, 0) is 5.41 Å². The number of benzene rings is 2. The summed E-state index contributed by atoms with van der Waals surface area (Å²) in [5.74, 6) is 0.401. The standard InChI is InChI=1S/C28H30O7/c1-8-27(3,4)17-12-16-14-20(32-7)23-24(21(16)35-26(17)31)33-22(25(34-23)28(5,6)9-2)15-10-11-18(29)19(30)13-15/h8-14,22,25,29-30H,1-2H2,3-7H3. The second-order valence-corrected chi connectivity index (χ2v) is 9.88. The molecule has 4 rings (SSSR count). The quantitative estimate of drug-likeness (QED) is 0.264. The lowest BCUT2D eigenvalue weighted by Crippen LogP contribution is -2.43. The summed E-state index contributed by atoms with van der Waals surface area (Å²) in [6.45, 7) is 15.4. The molecule has 7 heteroatoms. The van der Waals surface area contributed by atoms with Crippen LogP contribution in [0.4, 0.5) is 0 Å². The normalized spacial score (nSPS) is 17.7. The summed E-state index contributed by atoms with van der Waals surface area (Å²) in [4.78, 5) is 13.0. The van der Waals surface area contributed by atoms with Gasteiger partial charge in [0.2, 0.25) is 11.5 Å². The maximum absolute atomic E-state index is 13.0. The molecular weight excluding hydrogens is 448 g/mol. The van der Waals surface area contributed by atoms with Gasteiger partial charge in [-0.25, -0.2) is 4.79 Å². The molecular formula is C28H30O7. The number of hydrogen-bond donors (Lipinski definition) is 2. The smallest absolute Gasteiger partial charge is 0.340 e. The van der Waals surface area contributed by atoms with Crippen molar-refractivity contribution < 1.29 is 28.8 Å². The topological polar surface area (TPSA) is 98.4 Å². The Labute approximate surface area is 203 Å². The molecule has 2 atom stereocenters. The number of aromatic hydroxyl groups is 2. The second-order valence-electron chi connectivity index (χ2n) is 9.88. The van der Waals surface area contributed by atoms with Crippen molar-refractivity contribution in [2.24, 2.45) is 5.41 Å². The highest BCUT2D eigenvalue weighted by molar-refractivity contribution is 5.89. The summed E-state index contributed by atoms with van der Waals surface area (Å²) < 4.78 is 24.4. The summed E-state index contributed by atoms with van der Waals surface area (Å²) in [5.41, 5.74) is -0.462. The van der Waals surface area contributed by atoms with E-state index in [-0.39, 0.29) is 22.8 Å². The van der Waals surface area contributed by atoms with Gasteiger partial charge in [0, 0.05) is 27.3 Å². The van der Waals surface area contributed by atoms with Crippen LogP contribution in [0.25, 0.3) is 11.0 Å². The van der Waals surface area contributed by atoms with E-state index in [1.807, 2.05) is 27.7 Å². The Bertz CT molecular complexity index is 1380. The minimum atomic E-state index is -0.730. The average molecular weight is 479 g/mol. The minimum absolute atomic E-state index is 0.216. The molecule has 0 saturated heterocycles. The van der Waals surface area contributed by atoms with Gasteiger partial charge < -0.3 is 28.8 Å². The van der Waals surface area contributed by atoms with Crippen LogP contribution < -0.4 is 19.8 Å². The third-order valence-corrected chi connectivity index (χ3v) is 6.68. The number of ether oxygens (including phenoxy) is 3. The Morgan fingerprint density at radius 3 is 2.29 bits per heavy atom. The van der Waals surface area contributed by atoms with Crippen molar-refractivity contribution in [1.29, 1.82) is 0 Å². The van der Waals surface area contributed by atoms with Crippen molar-refractivity contribution in [2.45, 2.75) is 45.3 Å². The Balaban J connectivity index is 1.99. The largest absolute Gasteiger partial charge is 0.504 e. The summed E-state index contributed by atoms with van der Waals surface area (Å²) >= 11 is 0. The highest BCUT2D eigenvalue weighted by Gasteiger charge is 2.44. The van der Waals surface area contributed by atoms with E-state index < -0.39 is 28.7 Å². The van der Waals surface area contributed by atoms with E-state index >= 15 is 0 Å². The molecule has 184 valence electrons. The fourth-order valence-electron chi connectivity index (χ4n) is 4.12. The monoisotopic (exact) mass is 478 g/mol. The molecule has 0 amide bonds. The maximum Gasteiger partial charge on any atom is 0.340 e. The molecule has 2 aromatic carbocycles. The number of methoxy groups -OCH3 is 1. The third kappa shape index (κ3) is 4.01. The van der Waals surface area contributed by atoms with Gasteiger partial charge in [0.05, 0.1) is 7.11 Å². The zero-order valence-corrected chi connectivity index (χ0v) is 20.5. The minimum Gasteiger partial charge on any atom is -0.504 e. The van der Waals surface area contributed by atoms with Crippen LogP contribution in [-0.4, -0.2) is 23.4 Å². The van der Waals surface area contributed by atoms with Gasteiger partial charge in [0.1, 0.15) is 6.10 Å². The number of fused-ring (bicyclic) bond motifs is 3. The molecule has 0 fully saturated rings. The van der Waals surface area contributed by atoms with Crippen LogP contribution in [0.1, 0.15) is 44.9 Å². The van der Waals surface area contributed by atoms with Gasteiger partial charge in [-0.05, 0) is 24.3 Å². The lowest BCUT2D eigenvalue weighted by molar-refractivity contribution is -0.0318. The van der Waals surface area contributed by atoms with Gasteiger partial charge in [0.25, 0.3) is 0 Å². The molecule has 2 heterocycles. The van der Waals surface area contributed by atoms with E-state index in [2.05, 4.69) is 13.2 Å². The Hall–Kier alpha value is -3.87. The van der Waals surface area contributed by atoms with Crippen LogP contribution in [0, 0.1) is 5.41 Å². The molecule has 0 saturated carbocycles. The van der Waals surface area contributed by atoms with E-state index in [9.17, 15) is 15.0 Å². The summed E-state index contributed by atoms with van der Waals surface area (Å²) in [5, 5.41) is 20.6. The van der Waals surface area contributed by atoms with E-state index in [4.69, 9.17) is 18.6 Å². The summed E-state index contributed by atoms with van der Waals surface area (Å²) in [6, 6.07) is 7.94. The van der Waals surface area contributed by atoms with Crippen molar-refractivity contribution >= 4 is 11.0 Å². The van der Waals surface area contributed by atoms with Crippen molar-refractivity contribution in [3.8, 4) is 28.7 Å². The van der Waals surface area contributed by atoms with E-state index in [0.29, 0.717) is 28.0 Å². The fourth-order valence-corrected chi connectivity index (χ4v) is 4.12. The number of phenolic OH excluding ortho intramolecular Hbond substituents is 2. The Morgan fingerprint density at radius 2 is 1.69 bits per heavy atom. The third-order valence-electron chi connectivity index (χ3n) is 6.68. The first kappa shape index (κ1) is 24.3. The number of phenols is 2. The van der Waals surface area contributed by atoms with Gasteiger partial charge in [-0.1, -0.05) is 45.9 Å². The predicted octanol–water partition coefficient (Wildman–Crippen LogP) is 5.77. The molecule has 2 N–H and O–H groups in total. The van der Waals surface area contributed by atoms with Gasteiger partial charge in [-0.15, -0.1) is 13.2 Å². The Kier molecular flexibility index (Phi) is 5.83. The second kappa shape index (κ2) is 8.41. The van der Waals surface area contributed by atoms with E-state index in [1.54, 1.807) is 30.4 Å². The van der Waals surface area contributed by atoms with Crippen molar-refractivity contribution in [3.63, 3.8) is 0 Å². The van der Waals surface area contributed by atoms with Crippen LogP contribution in [0.2, 0.25) is 0 Å². The number of rotatable bonds is 6. The SMILES string of the molecule is C=CC(C)(C)c1cc2cc(OC)c3c(c2oc1=O)OC(c1ccc(O)c(O)c1)C(C(C)(C)C=C)O3. The molecule has 2 unspecified atom stereocenters. The first-order chi connectivity index (χ1) is 16.4. The zero-order valence-electron chi connectivity index (χ0n) is 20.5. The van der Waals surface area contributed by atoms with Gasteiger partial charge >= 0.3 is 5.63 Å². The lowest BCUT2D eigenvalue weighted by Gasteiger charge is -2.41. The van der Waals surface area contributed by atoms with Crippen LogP contribution in [0.3, 0.4) is 0 Å². The molecule has 7 nitrogen and oxygen atoms in total. The van der Waals surface area contributed by atoms with E-state index in [0.717, 1.165) is 0 Å². The van der Waals surface area contributed by atoms with Crippen LogP contribution >= 0.6 is 0 Å². The average Bonchev–Trinajstić information content (AvgIpc) is 2.84. The Morgan fingerprint density at radius 1 is 0.971 bits per heavy atom. The molecule has 35 heavy (non-hydrogen) atoms. The van der Waals surface area contributed by atoms with Gasteiger partial charge in [0.15, 0.2) is 28.9 Å². The summed E-state index contributed by atoms with van der Waals surface area (Å²) in [7, 11) is 1.52. The lowest BCUT2D eigenvalue weighted by atomic mass is 9.80. The molecule has 1 aliphatic heterocycles. The predicted molar refractivity (Wildman–Crippen MR) is 134 cm³/mol. The zero-order chi connectivity index (χ0) is 25.7. The molecule has 3 aromatic rings. The van der Waals surface area contributed by atoms with Gasteiger partial charge in [-0.2, -0.15) is 0 Å². The first-order valence-electron chi connectivity index (χ1n) is 11.2. The number of hydrogen-bond acceptors (Lipinski definition) is 7. The fraction of sp³-hybridized carbons (Fsp3) is 0.321. The molecule has 1 aliphatic rings. The number of allylic oxidation sites excluding steroid dienone is 1. The van der Waals surface area contributed by atoms with Gasteiger partial charge in [-0.3, -0.25) is 0 Å². The maximum atomic E-state index is 13.0. The van der Waals surface area contributed by atoms with Crippen LogP contribution in [0.5, 0.6) is 28.7 Å². The highest BCUT2D eigenvalue weighted by Crippen LogP contribution is 2.53. The molecule has 0 spiro atoms. The van der Waals surface area contributed by atoms with Crippen LogP contribution in [0.15, 0.2) is 64.9 Å². The van der Waals surface area contributed by atoms with Crippen molar-refractivity contribution in [3.05, 3.63) is 77.2 Å².